The zero-order chi connectivity index (χ0) is 77.4. The minimum Gasteiger partial charge on any atom is -0.462 e. The summed E-state index contributed by atoms with van der Waals surface area (Å²) >= 11 is 0. The van der Waals surface area contributed by atoms with Crippen LogP contribution in [0.1, 0.15) is 285 Å². The van der Waals surface area contributed by atoms with Crippen molar-refractivity contribution >= 4 is 39.5 Å². The molecule has 106 heavy (non-hydrogen) atoms. The molecule has 0 aliphatic carbocycles. The zero-order valence-corrected chi connectivity index (χ0v) is 67.3. The van der Waals surface area contributed by atoms with Crippen molar-refractivity contribution < 1.29 is 80.2 Å². The van der Waals surface area contributed by atoms with Gasteiger partial charge >= 0.3 is 39.5 Å². The third kappa shape index (κ3) is 76.4. The fourth-order valence-corrected chi connectivity index (χ4v) is 11.5. The molecular weight excluding hydrogens is 1380 g/mol. The lowest BCUT2D eigenvalue weighted by Gasteiger charge is -2.21. The number of phosphoric acid groups is 2. The zero-order valence-electron chi connectivity index (χ0n) is 65.5. The smallest absolute Gasteiger partial charge is 0.462 e. The van der Waals surface area contributed by atoms with Gasteiger partial charge in [-0.3, -0.25) is 37.3 Å². The molecule has 0 saturated heterocycles. The van der Waals surface area contributed by atoms with E-state index in [0.29, 0.717) is 32.1 Å². The lowest BCUT2D eigenvalue weighted by Crippen LogP contribution is -2.30. The summed E-state index contributed by atoms with van der Waals surface area (Å²) in [4.78, 5) is 73.0. The first-order valence-electron chi connectivity index (χ1n) is 40.0. The van der Waals surface area contributed by atoms with Crippen LogP contribution in [0.15, 0.2) is 182 Å². The standard InChI is InChI=1S/C87H140O17P2/c1-5-9-13-17-21-25-29-33-37-39-40-42-46-48-52-56-60-64-68-72-85(90)98-78-83(104-87(92)74-70-66-62-58-54-50-44-36-32-28-24-20-16-12-8-4)80-102-106(95,96)100-76-81(88)75-99-105(93,94)101-79-82(103-86(91)73-69-65-61-57-53-49-43-35-31-27-23-19-15-11-7-3)77-97-84(89)71-67-63-59-55-51-47-45-41-38-34-30-26-22-18-14-10-6-2/h9-11,13-15,21-23,25-27,33-35,37-38,40,42-43,45,47-48,52-53,55,57,59,65,69,81-83,88H,5-8,12,16-20,24,28-32,36,39,41,44,46,49-51,54,56,58,60-64,66-68,70-80H2,1-4H3,(H,93,94)(H,95,96)/b13-9-,14-10-,15-11-,25-21-,26-22-,27-23-,37-33-,38-34-,42-40-,43-35-,47-45-,52-48-,57-53-,59-55-,69-65-. The first-order valence-corrected chi connectivity index (χ1v) is 43.0. The third-order valence-electron chi connectivity index (χ3n) is 15.9. The largest absolute Gasteiger partial charge is 0.472 e. The predicted octanol–water partition coefficient (Wildman–Crippen LogP) is 23.6. The van der Waals surface area contributed by atoms with Crippen molar-refractivity contribution in [1.29, 1.82) is 0 Å². The summed E-state index contributed by atoms with van der Waals surface area (Å²) in [6.45, 7) is 4.31. The van der Waals surface area contributed by atoms with E-state index in [4.69, 9.17) is 37.0 Å². The van der Waals surface area contributed by atoms with E-state index in [1.165, 1.54) is 64.2 Å². The van der Waals surface area contributed by atoms with E-state index >= 15 is 0 Å². The summed E-state index contributed by atoms with van der Waals surface area (Å²) in [5, 5.41) is 10.6. The molecule has 19 heteroatoms. The number of esters is 4. The van der Waals surface area contributed by atoms with Gasteiger partial charge in [0.1, 0.15) is 19.3 Å². The minimum atomic E-state index is -5.02. The van der Waals surface area contributed by atoms with Gasteiger partial charge in [-0.05, 0) is 135 Å². The maximum absolute atomic E-state index is 13.1. The van der Waals surface area contributed by atoms with Crippen molar-refractivity contribution in [2.75, 3.05) is 39.6 Å². The van der Waals surface area contributed by atoms with Crippen molar-refractivity contribution in [2.45, 2.75) is 303 Å². The van der Waals surface area contributed by atoms with Gasteiger partial charge in [-0.1, -0.05) is 306 Å². The van der Waals surface area contributed by atoms with E-state index in [1.54, 1.807) is 12.2 Å². The molecule has 5 atom stereocenters. The molecular formula is C87H140O17P2. The first-order chi connectivity index (χ1) is 51.7. The summed E-state index contributed by atoms with van der Waals surface area (Å²) in [6.07, 6.45) is 93.4. The maximum atomic E-state index is 13.1. The van der Waals surface area contributed by atoms with Crippen LogP contribution in [0.5, 0.6) is 0 Å². The van der Waals surface area contributed by atoms with E-state index in [-0.39, 0.29) is 25.7 Å². The maximum Gasteiger partial charge on any atom is 0.472 e. The fraction of sp³-hybridized carbons (Fsp3) is 0.609. The van der Waals surface area contributed by atoms with Crippen LogP contribution in [0, 0.1) is 0 Å². The molecule has 0 rings (SSSR count). The Morgan fingerprint density at radius 3 is 0.877 bits per heavy atom. The molecule has 0 bridgehead atoms. The van der Waals surface area contributed by atoms with E-state index < -0.39 is 97.5 Å². The molecule has 0 aromatic rings. The van der Waals surface area contributed by atoms with Crippen LogP contribution in [0.25, 0.3) is 0 Å². The Morgan fingerprint density at radius 2 is 0.538 bits per heavy atom. The van der Waals surface area contributed by atoms with Gasteiger partial charge in [0.25, 0.3) is 0 Å². The van der Waals surface area contributed by atoms with Crippen LogP contribution in [-0.2, 0) is 65.4 Å². The molecule has 0 aromatic carbocycles. The molecule has 5 unspecified atom stereocenters. The van der Waals surface area contributed by atoms with Crippen molar-refractivity contribution in [1.82, 2.24) is 0 Å². The van der Waals surface area contributed by atoms with Crippen LogP contribution in [0.3, 0.4) is 0 Å². The molecule has 0 aliphatic rings. The van der Waals surface area contributed by atoms with Gasteiger partial charge < -0.3 is 33.8 Å². The molecule has 600 valence electrons. The lowest BCUT2D eigenvalue weighted by molar-refractivity contribution is -0.161. The molecule has 17 nitrogen and oxygen atoms in total. The number of carbonyl (C=O) groups excluding carboxylic acids is 4. The Labute approximate surface area is 641 Å². The Kier molecular flexibility index (Phi) is 73.1. The van der Waals surface area contributed by atoms with Crippen LogP contribution >= 0.6 is 15.6 Å². The second kappa shape index (κ2) is 77.3. The van der Waals surface area contributed by atoms with Crippen molar-refractivity contribution in [3.05, 3.63) is 182 Å². The highest BCUT2D eigenvalue weighted by atomic mass is 31.2. The van der Waals surface area contributed by atoms with Crippen molar-refractivity contribution in [2.24, 2.45) is 0 Å². The summed E-state index contributed by atoms with van der Waals surface area (Å²) < 4.78 is 68.4. The van der Waals surface area contributed by atoms with Gasteiger partial charge in [-0.15, -0.1) is 0 Å². The number of hydrogen-bond donors (Lipinski definition) is 3. The number of rotatable bonds is 73. The number of phosphoric ester groups is 2. The number of carbonyl (C=O) groups is 4. The summed E-state index contributed by atoms with van der Waals surface area (Å²) in [5.74, 6) is -2.44. The quantitative estimate of drug-likeness (QED) is 0.0169. The van der Waals surface area contributed by atoms with Gasteiger partial charge in [0.2, 0.25) is 0 Å². The van der Waals surface area contributed by atoms with E-state index in [1.807, 2.05) is 24.3 Å². The second-order valence-corrected chi connectivity index (χ2v) is 28.8. The van der Waals surface area contributed by atoms with Crippen molar-refractivity contribution in [3.8, 4) is 0 Å². The number of ether oxygens (including phenoxy) is 4. The topological polar surface area (TPSA) is 237 Å². The Morgan fingerprint density at radius 1 is 0.283 bits per heavy atom. The monoisotopic (exact) mass is 1520 g/mol. The molecule has 3 N–H and O–H groups in total. The summed E-state index contributed by atoms with van der Waals surface area (Å²) in [7, 11) is -10.0. The van der Waals surface area contributed by atoms with E-state index in [9.17, 15) is 43.2 Å². The first kappa shape index (κ1) is 100. The molecule has 0 amide bonds. The number of hydrogen-bond acceptors (Lipinski definition) is 15. The van der Waals surface area contributed by atoms with Gasteiger partial charge in [0.15, 0.2) is 12.2 Å². The molecule has 0 saturated carbocycles. The molecule has 0 aromatic heterocycles. The molecule has 0 spiro atoms. The van der Waals surface area contributed by atoms with Crippen molar-refractivity contribution in [3.63, 3.8) is 0 Å². The highest BCUT2D eigenvalue weighted by Gasteiger charge is 2.30. The number of unbranched alkanes of at least 4 members (excludes halogenated alkanes) is 18. The Balaban J connectivity index is 5.52. The molecule has 0 heterocycles. The number of aliphatic hydroxyl groups excluding tert-OH is 1. The predicted molar refractivity (Wildman–Crippen MR) is 436 cm³/mol. The molecule has 0 fully saturated rings. The average Bonchev–Trinajstić information content (AvgIpc) is 0.909. The van der Waals surface area contributed by atoms with Gasteiger partial charge in [0.05, 0.1) is 32.8 Å². The van der Waals surface area contributed by atoms with E-state index in [2.05, 4.69) is 174 Å². The second-order valence-electron chi connectivity index (χ2n) is 25.9. The summed E-state index contributed by atoms with van der Waals surface area (Å²) in [5.41, 5.74) is 0. The highest BCUT2D eigenvalue weighted by Crippen LogP contribution is 2.45. The van der Waals surface area contributed by atoms with Gasteiger partial charge in [-0.25, -0.2) is 9.13 Å². The number of aliphatic hydroxyl groups is 1. The van der Waals surface area contributed by atoms with Gasteiger partial charge in [-0.2, -0.15) is 0 Å². The number of allylic oxidation sites excluding steroid dienone is 29. The Hall–Kier alpha value is -5.84. The fourth-order valence-electron chi connectivity index (χ4n) is 9.95. The lowest BCUT2D eigenvalue weighted by atomic mass is 10.0. The van der Waals surface area contributed by atoms with Gasteiger partial charge in [0, 0.05) is 19.3 Å². The Bertz CT molecular complexity index is 2730. The summed E-state index contributed by atoms with van der Waals surface area (Å²) in [6, 6.07) is 0. The van der Waals surface area contributed by atoms with Crippen LogP contribution < -0.4 is 0 Å². The molecule has 0 radical (unpaired) electrons. The van der Waals surface area contributed by atoms with Crippen LogP contribution in [0.4, 0.5) is 0 Å². The average molecular weight is 1520 g/mol. The van der Waals surface area contributed by atoms with E-state index in [0.717, 1.165) is 135 Å². The van der Waals surface area contributed by atoms with Crippen LogP contribution in [0.2, 0.25) is 0 Å². The third-order valence-corrected chi connectivity index (χ3v) is 17.8. The SMILES string of the molecule is CC/C=C\C/C=C\C/C=C\C/C=C\C/C=C\CCCCCC(=O)OCC(COP(=O)(O)OCC(O)COP(=O)(O)OCC(COC(=O)CCC/C=C\C/C=C\C/C=C\C/C=C\C/C=C\CC)OC(=O)C/C=C\C/C=C\C/C=C\C/C=C\C/C=C\CC)OC(=O)CCCCCCCCCCCCCCCCC. The minimum absolute atomic E-state index is 0.0565. The highest BCUT2D eigenvalue weighted by molar-refractivity contribution is 7.47. The normalized spacial score (nSPS) is 14.8. The van der Waals surface area contributed by atoms with Crippen LogP contribution in [-0.4, -0.2) is 96.7 Å². The molecule has 0 aliphatic heterocycles.